The van der Waals surface area contributed by atoms with Crippen LogP contribution in [0.1, 0.15) is 111 Å². The molecule has 0 aromatic rings. The van der Waals surface area contributed by atoms with E-state index in [-0.39, 0.29) is 12.4 Å². The van der Waals surface area contributed by atoms with E-state index < -0.39 is 0 Å². The lowest BCUT2D eigenvalue weighted by molar-refractivity contribution is -0.906. The van der Waals surface area contributed by atoms with Crippen LogP contribution >= 0.6 is 0 Å². The molecule has 0 aromatic carbocycles. The van der Waals surface area contributed by atoms with Crippen LogP contribution in [0, 0.1) is 0 Å². The first-order valence-corrected chi connectivity index (χ1v) is 11.2. The molecule has 1 nitrogen and oxygen atoms in total. The maximum atomic E-state index is 2.43. The number of allylic oxidation sites excluding steroid dienone is 2. The molecule has 0 unspecified atom stereocenters. The molecule has 0 aliphatic heterocycles. The van der Waals surface area contributed by atoms with Gasteiger partial charge in [-0.15, -0.1) is 0 Å². The molecule has 0 bridgehead atoms. The number of rotatable bonds is 18. The number of hydrogen-bond acceptors (Lipinski definition) is 0. The van der Waals surface area contributed by atoms with Gasteiger partial charge in [0.15, 0.2) is 0 Å². The standard InChI is InChI=1S/C23H48N.ClH/c1-5-8-9-10-11-12-13-14-15-16-17-18-19-20-21-22-23-24(4,6-2)7-3;/h14-15H,5-13,16-23H2,1-4H3;1H/q+1;/p-1/b15-14-;. The van der Waals surface area contributed by atoms with Gasteiger partial charge in [0.2, 0.25) is 0 Å². The second kappa shape index (κ2) is 20.3. The van der Waals surface area contributed by atoms with E-state index in [0.29, 0.717) is 0 Å². The molecule has 0 saturated carbocycles. The van der Waals surface area contributed by atoms with E-state index in [1.54, 1.807) is 0 Å². The summed E-state index contributed by atoms with van der Waals surface area (Å²) in [6.45, 7) is 10.9. The summed E-state index contributed by atoms with van der Waals surface area (Å²) in [5, 5.41) is 0. The lowest BCUT2D eigenvalue weighted by Gasteiger charge is -2.32. The molecule has 0 spiro atoms. The Morgan fingerprint density at radius 2 is 0.960 bits per heavy atom. The third-order valence-electron chi connectivity index (χ3n) is 5.74. The molecule has 2 heteroatoms. The number of hydrogen-bond donors (Lipinski definition) is 0. The first-order valence-electron chi connectivity index (χ1n) is 11.2. The van der Waals surface area contributed by atoms with Crippen molar-refractivity contribution in [1.29, 1.82) is 0 Å². The van der Waals surface area contributed by atoms with Crippen LogP contribution in [0.5, 0.6) is 0 Å². The highest BCUT2D eigenvalue weighted by molar-refractivity contribution is 4.81. The molecule has 0 aliphatic rings. The van der Waals surface area contributed by atoms with E-state index in [0.717, 1.165) is 0 Å². The lowest BCUT2D eigenvalue weighted by atomic mass is 10.1. The van der Waals surface area contributed by atoms with Crippen LogP contribution < -0.4 is 12.4 Å². The number of halogens is 1. The van der Waals surface area contributed by atoms with Crippen molar-refractivity contribution >= 4 is 0 Å². The fourth-order valence-electron chi connectivity index (χ4n) is 3.28. The quantitative estimate of drug-likeness (QED) is 0.188. The van der Waals surface area contributed by atoms with Crippen LogP contribution in [0.15, 0.2) is 12.2 Å². The topological polar surface area (TPSA) is 0 Å². The van der Waals surface area contributed by atoms with Gasteiger partial charge in [0.1, 0.15) is 0 Å². The van der Waals surface area contributed by atoms with Gasteiger partial charge in [-0.2, -0.15) is 0 Å². The first-order chi connectivity index (χ1) is 11.7. The van der Waals surface area contributed by atoms with Crippen molar-refractivity contribution in [2.24, 2.45) is 0 Å². The molecular formula is C23H48ClN. The first kappa shape index (κ1) is 27.2. The smallest absolute Gasteiger partial charge is 0.0784 e. The van der Waals surface area contributed by atoms with E-state index in [2.05, 4.69) is 40.0 Å². The molecule has 0 aromatic heterocycles. The maximum Gasteiger partial charge on any atom is 0.0784 e. The number of unbranched alkanes of at least 4 members (excludes halogenated alkanes) is 12. The fraction of sp³-hybridized carbons (Fsp3) is 0.913. The molecule has 0 radical (unpaired) electrons. The normalized spacial score (nSPS) is 11.8. The SMILES string of the molecule is CCCCCCCC/C=C\CCCCCCCC[N+](C)(CC)CC.[Cl-]. The molecule has 0 heterocycles. The summed E-state index contributed by atoms with van der Waals surface area (Å²) in [5.41, 5.74) is 0. The molecule has 0 fully saturated rings. The maximum absolute atomic E-state index is 2.43. The highest BCUT2D eigenvalue weighted by Crippen LogP contribution is 2.11. The molecule has 152 valence electrons. The summed E-state index contributed by atoms with van der Waals surface area (Å²) in [7, 11) is 2.40. The van der Waals surface area contributed by atoms with Gasteiger partial charge < -0.3 is 16.9 Å². The minimum absolute atomic E-state index is 0. The summed E-state index contributed by atoms with van der Waals surface area (Å²) in [6, 6.07) is 0. The predicted octanol–water partition coefficient (Wildman–Crippen LogP) is 4.51. The summed E-state index contributed by atoms with van der Waals surface area (Å²) >= 11 is 0. The Morgan fingerprint density at radius 3 is 1.40 bits per heavy atom. The van der Waals surface area contributed by atoms with Gasteiger partial charge in [0.05, 0.1) is 26.7 Å². The monoisotopic (exact) mass is 373 g/mol. The molecule has 0 rings (SSSR count). The second-order valence-electron chi connectivity index (χ2n) is 7.91. The number of quaternary nitrogens is 1. The van der Waals surface area contributed by atoms with Crippen molar-refractivity contribution in [3.8, 4) is 0 Å². The fourth-order valence-corrected chi connectivity index (χ4v) is 3.28. The third-order valence-corrected chi connectivity index (χ3v) is 5.74. The van der Waals surface area contributed by atoms with Crippen molar-refractivity contribution in [3.05, 3.63) is 12.2 Å². The molecule has 0 amide bonds. The van der Waals surface area contributed by atoms with Gasteiger partial charge >= 0.3 is 0 Å². The van der Waals surface area contributed by atoms with Crippen LogP contribution in [0.3, 0.4) is 0 Å². The van der Waals surface area contributed by atoms with E-state index >= 15 is 0 Å². The molecular weight excluding hydrogens is 326 g/mol. The molecule has 0 N–H and O–H groups in total. The zero-order chi connectivity index (χ0) is 17.9. The van der Waals surface area contributed by atoms with E-state index in [1.165, 1.54) is 114 Å². The van der Waals surface area contributed by atoms with Crippen molar-refractivity contribution in [1.82, 2.24) is 0 Å². The Kier molecular flexibility index (Phi) is 22.1. The Hall–Kier alpha value is -0.0100. The van der Waals surface area contributed by atoms with E-state index in [4.69, 9.17) is 0 Å². The van der Waals surface area contributed by atoms with Crippen LogP contribution in [-0.2, 0) is 0 Å². The van der Waals surface area contributed by atoms with Crippen molar-refractivity contribution in [3.63, 3.8) is 0 Å². The minimum Gasteiger partial charge on any atom is -1.00 e. The third kappa shape index (κ3) is 18.6. The van der Waals surface area contributed by atoms with Crippen LogP contribution in [0.4, 0.5) is 0 Å². The lowest BCUT2D eigenvalue weighted by Crippen LogP contribution is -3.00. The Morgan fingerprint density at radius 1 is 0.560 bits per heavy atom. The summed E-state index contributed by atoms with van der Waals surface area (Å²) < 4.78 is 1.25. The van der Waals surface area contributed by atoms with Gasteiger partial charge in [0, 0.05) is 0 Å². The summed E-state index contributed by atoms with van der Waals surface area (Å²) in [5.74, 6) is 0. The molecule has 25 heavy (non-hydrogen) atoms. The summed E-state index contributed by atoms with van der Waals surface area (Å²) in [6.07, 6.45) is 24.5. The van der Waals surface area contributed by atoms with Crippen LogP contribution in [0.25, 0.3) is 0 Å². The van der Waals surface area contributed by atoms with Gasteiger partial charge in [-0.05, 0) is 52.4 Å². The van der Waals surface area contributed by atoms with Crippen LogP contribution in [0.2, 0.25) is 0 Å². The zero-order valence-corrected chi connectivity index (χ0v) is 18.8. The largest absolute Gasteiger partial charge is 1.00 e. The molecule has 0 aliphatic carbocycles. The number of nitrogens with zero attached hydrogens (tertiary/aromatic N) is 1. The second-order valence-corrected chi connectivity index (χ2v) is 7.91. The van der Waals surface area contributed by atoms with Crippen molar-refractivity contribution in [2.75, 3.05) is 26.7 Å². The van der Waals surface area contributed by atoms with E-state index in [1.807, 2.05) is 0 Å². The summed E-state index contributed by atoms with van der Waals surface area (Å²) in [4.78, 5) is 0. The average Bonchev–Trinajstić information content (AvgIpc) is 2.61. The van der Waals surface area contributed by atoms with Crippen molar-refractivity contribution in [2.45, 2.75) is 111 Å². The van der Waals surface area contributed by atoms with Gasteiger partial charge in [0.25, 0.3) is 0 Å². The van der Waals surface area contributed by atoms with Gasteiger partial charge in [-0.1, -0.05) is 70.4 Å². The van der Waals surface area contributed by atoms with Crippen LogP contribution in [-0.4, -0.2) is 31.2 Å². The zero-order valence-electron chi connectivity index (χ0n) is 18.0. The molecule has 0 saturated heterocycles. The van der Waals surface area contributed by atoms with Crippen molar-refractivity contribution < 1.29 is 16.9 Å². The highest BCUT2D eigenvalue weighted by atomic mass is 35.5. The molecule has 0 atom stereocenters. The highest BCUT2D eigenvalue weighted by Gasteiger charge is 2.14. The van der Waals surface area contributed by atoms with E-state index in [9.17, 15) is 0 Å². The van der Waals surface area contributed by atoms with Gasteiger partial charge in [-0.3, -0.25) is 0 Å². The average molecular weight is 374 g/mol. The predicted molar refractivity (Wildman–Crippen MR) is 112 cm³/mol. The Bertz CT molecular complexity index is 271. The van der Waals surface area contributed by atoms with Gasteiger partial charge in [-0.25, -0.2) is 0 Å². The minimum atomic E-state index is 0. The Labute approximate surface area is 166 Å². The Balaban J connectivity index is 0.